The molecule has 14 heavy (non-hydrogen) atoms. The minimum Gasteiger partial charge on any atom is -0.450 e. The summed E-state index contributed by atoms with van der Waals surface area (Å²) >= 11 is 0. The molecule has 5 heteroatoms. The van der Waals surface area contributed by atoms with Gasteiger partial charge in [0, 0.05) is 0 Å². The van der Waals surface area contributed by atoms with Crippen LogP contribution in [-0.2, 0) is 11.3 Å². The molecule has 0 aliphatic rings. The van der Waals surface area contributed by atoms with Crippen LogP contribution in [0.5, 0.6) is 0 Å². The van der Waals surface area contributed by atoms with Gasteiger partial charge in [0.1, 0.15) is 6.61 Å². The Kier molecular flexibility index (Phi) is 3.01. The summed E-state index contributed by atoms with van der Waals surface area (Å²) in [5.41, 5.74) is 2.91. The van der Waals surface area contributed by atoms with Crippen LogP contribution in [0.2, 0.25) is 0 Å². The Hall–Kier alpha value is -1.65. The topological polar surface area (TPSA) is 72.3 Å². The first-order valence-electron chi connectivity index (χ1n) is 4.17. The van der Waals surface area contributed by atoms with Gasteiger partial charge in [0.25, 0.3) is 0 Å². The van der Waals surface area contributed by atoms with E-state index in [1.54, 1.807) is 6.92 Å². The quantitative estimate of drug-likeness (QED) is 0.727. The van der Waals surface area contributed by atoms with Gasteiger partial charge in [0.05, 0.1) is 22.8 Å². The van der Waals surface area contributed by atoms with E-state index in [4.69, 9.17) is 5.11 Å². The van der Waals surface area contributed by atoms with Crippen molar-refractivity contribution in [1.82, 2.24) is 9.97 Å². The third kappa shape index (κ3) is 2.42. The van der Waals surface area contributed by atoms with E-state index in [2.05, 4.69) is 14.7 Å². The summed E-state index contributed by atoms with van der Waals surface area (Å²) in [7, 11) is 0. The van der Waals surface area contributed by atoms with E-state index in [0.717, 1.165) is 11.4 Å². The van der Waals surface area contributed by atoms with E-state index in [9.17, 15) is 4.79 Å². The van der Waals surface area contributed by atoms with Crippen LogP contribution in [-0.4, -0.2) is 21.2 Å². The summed E-state index contributed by atoms with van der Waals surface area (Å²) in [6.45, 7) is 5.42. The molecule has 0 saturated heterocycles. The molecule has 1 heterocycles. The van der Waals surface area contributed by atoms with E-state index in [0.29, 0.717) is 11.4 Å². The fourth-order valence-electron chi connectivity index (χ4n) is 1.03. The molecule has 0 fully saturated rings. The Morgan fingerprint density at radius 3 is 2.36 bits per heavy atom. The summed E-state index contributed by atoms with van der Waals surface area (Å²) < 4.78 is 4.42. The largest absolute Gasteiger partial charge is 0.506 e. The maximum absolute atomic E-state index is 10.2. The average molecular weight is 196 g/mol. The van der Waals surface area contributed by atoms with Crippen LogP contribution in [0.15, 0.2) is 0 Å². The van der Waals surface area contributed by atoms with Crippen molar-refractivity contribution >= 4 is 6.16 Å². The predicted octanol–water partition coefficient (Wildman–Crippen LogP) is 1.60. The smallest absolute Gasteiger partial charge is 0.450 e. The number of carbonyl (C=O) groups is 1. The Balaban J connectivity index is 2.87. The molecule has 1 rings (SSSR count). The number of rotatable bonds is 2. The Bertz CT molecular complexity index is 363. The summed E-state index contributed by atoms with van der Waals surface area (Å²) in [6, 6.07) is 0. The monoisotopic (exact) mass is 196 g/mol. The molecule has 0 aromatic carbocycles. The molecule has 0 bridgehead atoms. The van der Waals surface area contributed by atoms with Gasteiger partial charge >= 0.3 is 6.16 Å². The van der Waals surface area contributed by atoms with Gasteiger partial charge in [-0.15, -0.1) is 0 Å². The summed E-state index contributed by atoms with van der Waals surface area (Å²) in [6.07, 6.45) is -1.30. The van der Waals surface area contributed by atoms with Gasteiger partial charge in [-0.2, -0.15) is 0 Å². The van der Waals surface area contributed by atoms with Gasteiger partial charge in [-0.25, -0.2) is 4.79 Å². The molecule has 1 aromatic heterocycles. The van der Waals surface area contributed by atoms with Gasteiger partial charge in [0.2, 0.25) is 0 Å². The van der Waals surface area contributed by atoms with E-state index in [1.165, 1.54) is 0 Å². The third-order valence-electron chi connectivity index (χ3n) is 1.91. The van der Waals surface area contributed by atoms with Crippen LogP contribution in [0.4, 0.5) is 4.79 Å². The highest BCUT2D eigenvalue weighted by molar-refractivity contribution is 5.56. The first-order chi connectivity index (χ1) is 6.50. The number of aryl methyl sites for hydroxylation is 3. The predicted molar refractivity (Wildman–Crippen MR) is 49.1 cm³/mol. The maximum atomic E-state index is 10.2. The molecule has 0 atom stereocenters. The minimum atomic E-state index is -1.30. The molecule has 5 nitrogen and oxygen atoms in total. The number of nitrogens with zero attached hydrogens (tertiary/aromatic N) is 2. The van der Waals surface area contributed by atoms with E-state index >= 15 is 0 Å². The molecule has 76 valence electrons. The maximum Gasteiger partial charge on any atom is 0.506 e. The number of hydrogen-bond acceptors (Lipinski definition) is 4. The normalized spacial score (nSPS) is 9.93. The van der Waals surface area contributed by atoms with Gasteiger partial charge in [0.15, 0.2) is 0 Å². The van der Waals surface area contributed by atoms with Crippen molar-refractivity contribution < 1.29 is 14.6 Å². The fourth-order valence-corrected chi connectivity index (χ4v) is 1.03. The highest BCUT2D eigenvalue weighted by Gasteiger charge is 2.07. The zero-order valence-corrected chi connectivity index (χ0v) is 8.37. The second-order valence-corrected chi connectivity index (χ2v) is 2.98. The number of ether oxygens (including phenoxy) is 1. The van der Waals surface area contributed by atoms with Crippen LogP contribution in [0.1, 0.15) is 22.8 Å². The lowest BCUT2D eigenvalue weighted by Gasteiger charge is -2.06. The molecule has 0 unspecified atom stereocenters. The Morgan fingerprint density at radius 2 is 1.79 bits per heavy atom. The highest BCUT2D eigenvalue weighted by atomic mass is 16.7. The molecule has 0 aliphatic heterocycles. The van der Waals surface area contributed by atoms with Crippen molar-refractivity contribution in [1.29, 1.82) is 0 Å². The van der Waals surface area contributed by atoms with Crippen molar-refractivity contribution in [2.75, 3.05) is 0 Å². The van der Waals surface area contributed by atoms with Gasteiger partial charge < -0.3 is 9.84 Å². The van der Waals surface area contributed by atoms with Crippen molar-refractivity contribution in [2.45, 2.75) is 27.4 Å². The van der Waals surface area contributed by atoms with Crippen LogP contribution in [0.25, 0.3) is 0 Å². The van der Waals surface area contributed by atoms with Crippen LogP contribution < -0.4 is 0 Å². The molecule has 0 spiro atoms. The lowest BCUT2D eigenvalue weighted by Crippen LogP contribution is -2.07. The standard InChI is InChI=1S/C9H12N2O3/c1-5-6(2)11-8(7(3)10-5)4-14-9(12)13/h4H2,1-3H3,(H,12,13). The summed E-state index contributed by atoms with van der Waals surface area (Å²) in [4.78, 5) is 18.6. The van der Waals surface area contributed by atoms with Crippen LogP contribution >= 0.6 is 0 Å². The number of carboxylic acid groups (broad SMARTS) is 1. The molecule has 0 amide bonds. The zero-order chi connectivity index (χ0) is 10.7. The number of aromatic nitrogens is 2. The lowest BCUT2D eigenvalue weighted by atomic mass is 10.3. The summed E-state index contributed by atoms with van der Waals surface area (Å²) in [5, 5.41) is 8.32. The molecular formula is C9H12N2O3. The second kappa shape index (κ2) is 4.04. The molecule has 1 aromatic rings. The molecule has 0 aliphatic carbocycles. The van der Waals surface area contributed by atoms with Crippen molar-refractivity contribution in [3.05, 3.63) is 22.8 Å². The number of hydrogen-bond donors (Lipinski definition) is 1. The Labute approximate surface area is 81.8 Å². The minimum absolute atomic E-state index is 0.0463. The summed E-state index contributed by atoms with van der Waals surface area (Å²) in [5.74, 6) is 0. The van der Waals surface area contributed by atoms with Crippen molar-refractivity contribution in [2.24, 2.45) is 0 Å². The zero-order valence-electron chi connectivity index (χ0n) is 8.37. The molecule has 0 radical (unpaired) electrons. The second-order valence-electron chi connectivity index (χ2n) is 2.98. The SMILES string of the molecule is Cc1nc(C)c(COC(=O)O)nc1C. The van der Waals surface area contributed by atoms with Crippen LogP contribution in [0.3, 0.4) is 0 Å². The van der Waals surface area contributed by atoms with E-state index in [-0.39, 0.29) is 6.61 Å². The van der Waals surface area contributed by atoms with Gasteiger partial charge in [-0.05, 0) is 20.8 Å². The fraction of sp³-hybridized carbons (Fsp3) is 0.444. The van der Waals surface area contributed by atoms with Gasteiger partial charge in [-0.3, -0.25) is 9.97 Å². The van der Waals surface area contributed by atoms with E-state index in [1.807, 2.05) is 13.8 Å². The van der Waals surface area contributed by atoms with Gasteiger partial charge in [-0.1, -0.05) is 0 Å². The van der Waals surface area contributed by atoms with Crippen LogP contribution in [0, 0.1) is 20.8 Å². The first-order valence-corrected chi connectivity index (χ1v) is 4.17. The Morgan fingerprint density at radius 1 is 1.21 bits per heavy atom. The molecule has 0 saturated carbocycles. The van der Waals surface area contributed by atoms with E-state index < -0.39 is 6.16 Å². The lowest BCUT2D eigenvalue weighted by molar-refractivity contribution is 0.0839. The molecule has 1 N–H and O–H groups in total. The third-order valence-corrected chi connectivity index (χ3v) is 1.91. The average Bonchev–Trinajstić information content (AvgIpc) is 2.09. The molecular weight excluding hydrogens is 184 g/mol. The van der Waals surface area contributed by atoms with Crippen molar-refractivity contribution in [3.63, 3.8) is 0 Å². The highest BCUT2D eigenvalue weighted by Crippen LogP contribution is 2.07. The first kappa shape index (κ1) is 10.4. The van der Waals surface area contributed by atoms with Crippen molar-refractivity contribution in [3.8, 4) is 0 Å².